The van der Waals surface area contributed by atoms with Crippen LogP contribution < -0.4 is 15.0 Å². The third-order valence-corrected chi connectivity index (χ3v) is 4.40. The van der Waals surface area contributed by atoms with Crippen molar-refractivity contribution in [1.82, 2.24) is 9.97 Å². The van der Waals surface area contributed by atoms with Crippen LogP contribution in [-0.4, -0.2) is 35.6 Å². The highest BCUT2D eigenvalue weighted by molar-refractivity contribution is 6.02. The molecule has 1 fully saturated rings. The average molecular weight is 340 g/mol. The first-order valence-electron chi connectivity index (χ1n) is 8.77. The van der Waals surface area contributed by atoms with Crippen molar-refractivity contribution in [3.63, 3.8) is 0 Å². The second kappa shape index (κ2) is 7.96. The maximum Gasteiger partial charge on any atom is 0.275 e. The molecule has 1 amide bonds. The Labute approximate surface area is 148 Å². The van der Waals surface area contributed by atoms with Crippen LogP contribution in [0.25, 0.3) is 0 Å². The topological polar surface area (TPSA) is 67.3 Å². The van der Waals surface area contributed by atoms with Crippen LogP contribution in [0.15, 0.2) is 36.7 Å². The standard InChI is InChI=1S/C19H24N4O2/c1-3-25-16-6-4-15(5-7-16)22-19(24)17-12-21-18(13-20-17)23-10-8-14(2)9-11-23/h4-7,12-14H,3,8-11H2,1-2H3,(H,22,24). The lowest BCUT2D eigenvalue weighted by Crippen LogP contribution is -2.33. The van der Waals surface area contributed by atoms with E-state index in [1.54, 1.807) is 18.3 Å². The molecule has 0 atom stereocenters. The number of amides is 1. The van der Waals surface area contributed by atoms with Crippen LogP contribution in [0.3, 0.4) is 0 Å². The van der Waals surface area contributed by atoms with E-state index in [-0.39, 0.29) is 5.91 Å². The van der Waals surface area contributed by atoms with Crippen molar-refractivity contribution in [2.75, 3.05) is 29.9 Å². The van der Waals surface area contributed by atoms with E-state index in [1.165, 1.54) is 19.0 Å². The summed E-state index contributed by atoms with van der Waals surface area (Å²) in [6.07, 6.45) is 5.56. The van der Waals surface area contributed by atoms with E-state index in [1.807, 2.05) is 19.1 Å². The van der Waals surface area contributed by atoms with Gasteiger partial charge in [-0.05, 0) is 49.9 Å². The Bertz CT molecular complexity index is 692. The van der Waals surface area contributed by atoms with Gasteiger partial charge in [-0.15, -0.1) is 0 Å². The van der Waals surface area contributed by atoms with Gasteiger partial charge >= 0.3 is 0 Å². The fourth-order valence-electron chi connectivity index (χ4n) is 2.84. The maximum atomic E-state index is 12.3. The van der Waals surface area contributed by atoms with Crippen molar-refractivity contribution < 1.29 is 9.53 Å². The van der Waals surface area contributed by atoms with Gasteiger partial charge in [-0.25, -0.2) is 9.97 Å². The number of piperidine rings is 1. The molecule has 6 nitrogen and oxygen atoms in total. The van der Waals surface area contributed by atoms with Gasteiger partial charge in [0.1, 0.15) is 17.3 Å². The van der Waals surface area contributed by atoms with Crippen molar-refractivity contribution in [3.8, 4) is 5.75 Å². The number of hydrogen-bond acceptors (Lipinski definition) is 5. The Morgan fingerprint density at radius 3 is 2.52 bits per heavy atom. The first-order chi connectivity index (χ1) is 12.2. The summed E-state index contributed by atoms with van der Waals surface area (Å²) in [6.45, 7) is 6.81. The molecule has 1 saturated heterocycles. The summed E-state index contributed by atoms with van der Waals surface area (Å²) in [4.78, 5) is 23.2. The fraction of sp³-hybridized carbons (Fsp3) is 0.421. The maximum absolute atomic E-state index is 12.3. The summed E-state index contributed by atoms with van der Waals surface area (Å²) in [5.41, 5.74) is 1.01. The monoisotopic (exact) mass is 340 g/mol. The van der Waals surface area contributed by atoms with Crippen LogP contribution in [0.5, 0.6) is 5.75 Å². The number of benzene rings is 1. The van der Waals surface area contributed by atoms with Crippen molar-refractivity contribution in [2.24, 2.45) is 5.92 Å². The smallest absolute Gasteiger partial charge is 0.275 e. The lowest BCUT2D eigenvalue weighted by atomic mass is 9.99. The molecule has 0 unspecified atom stereocenters. The van der Waals surface area contributed by atoms with Crippen LogP contribution in [0, 0.1) is 5.92 Å². The molecule has 1 aliphatic rings. The Kier molecular flexibility index (Phi) is 5.48. The number of carbonyl (C=O) groups is 1. The molecule has 0 aliphatic carbocycles. The predicted octanol–water partition coefficient (Wildman–Crippen LogP) is 3.36. The van der Waals surface area contributed by atoms with E-state index >= 15 is 0 Å². The number of hydrogen-bond donors (Lipinski definition) is 1. The van der Waals surface area contributed by atoms with Crippen molar-refractivity contribution in [2.45, 2.75) is 26.7 Å². The first kappa shape index (κ1) is 17.2. The van der Waals surface area contributed by atoms with Gasteiger partial charge in [0, 0.05) is 18.8 Å². The number of carbonyl (C=O) groups excluding carboxylic acids is 1. The molecule has 25 heavy (non-hydrogen) atoms. The molecule has 1 aliphatic heterocycles. The minimum atomic E-state index is -0.268. The normalized spacial score (nSPS) is 15.0. The van der Waals surface area contributed by atoms with Gasteiger partial charge in [-0.1, -0.05) is 6.92 Å². The molecule has 2 aromatic rings. The van der Waals surface area contributed by atoms with Gasteiger partial charge in [-0.3, -0.25) is 4.79 Å². The second-order valence-corrected chi connectivity index (χ2v) is 6.34. The largest absolute Gasteiger partial charge is 0.494 e. The summed E-state index contributed by atoms with van der Waals surface area (Å²) in [5, 5.41) is 2.82. The summed E-state index contributed by atoms with van der Waals surface area (Å²) in [6, 6.07) is 7.26. The third-order valence-electron chi connectivity index (χ3n) is 4.40. The van der Waals surface area contributed by atoms with Gasteiger partial charge < -0.3 is 15.0 Å². The number of rotatable bonds is 5. The SMILES string of the molecule is CCOc1ccc(NC(=O)c2cnc(N3CCC(C)CC3)cn2)cc1. The third kappa shape index (κ3) is 4.47. The molecule has 0 spiro atoms. The summed E-state index contributed by atoms with van der Waals surface area (Å²) < 4.78 is 5.39. The lowest BCUT2D eigenvalue weighted by Gasteiger charge is -2.30. The summed E-state index contributed by atoms with van der Waals surface area (Å²) in [5.74, 6) is 2.11. The van der Waals surface area contributed by atoms with Crippen LogP contribution in [0.4, 0.5) is 11.5 Å². The second-order valence-electron chi connectivity index (χ2n) is 6.34. The van der Waals surface area contributed by atoms with E-state index in [9.17, 15) is 4.79 Å². The minimum absolute atomic E-state index is 0.268. The molecule has 1 N–H and O–H groups in total. The Balaban J connectivity index is 1.60. The minimum Gasteiger partial charge on any atom is -0.494 e. The molecule has 0 radical (unpaired) electrons. The highest BCUT2D eigenvalue weighted by Crippen LogP contribution is 2.21. The van der Waals surface area contributed by atoms with Crippen LogP contribution in [0.2, 0.25) is 0 Å². The van der Waals surface area contributed by atoms with Gasteiger partial charge in [0.05, 0.1) is 19.0 Å². The van der Waals surface area contributed by atoms with Crippen LogP contribution in [0.1, 0.15) is 37.2 Å². The fourth-order valence-corrected chi connectivity index (χ4v) is 2.84. The zero-order chi connectivity index (χ0) is 17.6. The van der Waals surface area contributed by atoms with E-state index in [0.717, 1.165) is 30.6 Å². The first-order valence-corrected chi connectivity index (χ1v) is 8.77. The lowest BCUT2D eigenvalue weighted by molar-refractivity contribution is 0.102. The molecule has 1 aromatic heterocycles. The molecule has 6 heteroatoms. The van der Waals surface area contributed by atoms with Crippen molar-refractivity contribution in [3.05, 3.63) is 42.4 Å². The molecular weight excluding hydrogens is 316 g/mol. The summed E-state index contributed by atoms with van der Waals surface area (Å²) >= 11 is 0. The van der Waals surface area contributed by atoms with Gasteiger partial charge in [-0.2, -0.15) is 0 Å². The molecule has 0 saturated carbocycles. The Morgan fingerprint density at radius 1 is 1.20 bits per heavy atom. The molecular formula is C19H24N4O2. The number of aromatic nitrogens is 2. The molecule has 0 bridgehead atoms. The van der Waals surface area contributed by atoms with Crippen molar-refractivity contribution >= 4 is 17.4 Å². The predicted molar refractivity (Wildman–Crippen MR) is 98.2 cm³/mol. The number of nitrogens with zero attached hydrogens (tertiary/aromatic N) is 3. The van der Waals surface area contributed by atoms with Gasteiger partial charge in [0.2, 0.25) is 0 Å². The molecule has 1 aromatic carbocycles. The van der Waals surface area contributed by atoms with Crippen LogP contribution >= 0.6 is 0 Å². The van der Waals surface area contributed by atoms with E-state index in [4.69, 9.17) is 4.74 Å². The number of anilines is 2. The number of ether oxygens (including phenoxy) is 1. The zero-order valence-corrected chi connectivity index (χ0v) is 14.7. The van der Waals surface area contributed by atoms with Gasteiger partial charge in [0.15, 0.2) is 0 Å². The van der Waals surface area contributed by atoms with Crippen LogP contribution in [-0.2, 0) is 0 Å². The summed E-state index contributed by atoms with van der Waals surface area (Å²) in [7, 11) is 0. The quantitative estimate of drug-likeness (QED) is 0.904. The number of nitrogens with one attached hydrogen (secondary N) is 1. The molecule has 3 rings (SSSR count). The van der Waals surface area contributed by atoms with Gasteiger partial charge in [0.25, 0.3) is 5.91 Å². The van der Waals surface area contributed by atoms with E-state index in [0.29, 0.717) is 18.0 Å². The highest BCUT2D eigenvalue weighted by Gasteiger charge is 2.17. The van der Waals surface area contributed by atoms with E-state index in [2.05, 4.69) is 27.1 Å². The average Bonchev–Trinajstić information content (AvgIpc) is 2.64. The Morgan fingerprint density at radius 2 is 1.92 bits per heavy atom. The molecule has 2 heterocycles. The Hall–Kier alpha value is -2.63. The van der Waals surface area contributed by atoms with Crippen molar-refractivity contribution in [1.29, 1.82) is 0 Å². The van der Waals surface area contributed by atoms with E-state index < -0.39 is 0 Å². The zero-order valence-electron chi connectivity index (χ0n) is 14.7. The molecule has 132 valence electrons. The highest BCUT2D eigenvalue weighted by atomic mass is 16.5.